The lowest BCUT2D eigenvalue weighted by molar-refractivity contribution is 0.0996. The monoisotopic (exact) mass is 380 g/mol. The van der Waals surface area contributed by atoms with E-state index in [2.05, 4.69) is 44.9 Å². The van der Waals surface area contributed by atoms with Crippen LogP contribution < -0.4 is 22.1 Å². The number of anilines is 2. The molecule has 0 aliphatic heterocycles. The molecule has 148 valence electrons. The van der Waals surface area contributed by atoms with E-state index >= 15 is 0 Å². The predicted octanol–water partition coefficient (Wildman–Crippen LogP) is 2.23. The number of hydrogen-bond donors (Lipinski definition) is 4. The summed E-state index contributed by atoms with van der Waals surface area (Å²) in [4.78, 5) is 20.8. The third-order valence-corrected chi connectivity index (χ3v) is 5.85. The van der Waals surface area contributed by atoms with Gasteiger partial charge in [-0.15, -0.1) is 0 Å². The highest BCUT2D eigenvalue weighted by Gasteiger charge is 2.24. The number of primary amides is 1. The topological polar surface area (TPSA) is 119 Å². The van der Waals surface area contributed by atoms with Gasteiger partial charge in [-0.25, -0.2) is 9.97 Å². The van der Waals surface area contributed by atoms with Crippen LogP contribution in [0.1, 0.15) is 53.7 Å². The summed E-state index contributed by atoms with van der Waals surface area (Å²) in [6.07, 6.45) is 8.79. The molecule has 3 atom stereocenters. The highest BCUT2D eigenvalue weighted by atomic mass is 16.1. The van der Waals surface area contributed by atoms with E-state index in [4.69, 9.17) is 11.5 Å². The standard InChI is InChI=1S/C21H28N6O/c22-16-7-3-4-8-17(16)26-18-12-24-19(20(23)28)21(27-18)25-15-10-9-13-5-1-2-6-14(13)11-15/h1-2,5-6,12,15-17H,3-4,7-11,22H2,(H2,23,28)(H2,25,26,27)/t15?,16-,17+/m0/s1. The highest BCUT2D eigenvalue weighted by molar-refractivity contribution is 5.95. The summed E-state index contributed by atoms with van der Waals surface area (Å²) in [5.41, 5.74) is 14.7. The first-order chi connectivity index (χ1) is 13.6. The molecular formula is C21H28N6O. The van der Waals surface area contributed by atoms with E-state index in [1.807, 2.05) is 0 Å². The summed E-state index contributed by atoms with van der Waals surface area (Å²) in [5.74, 6) is 0.504. The normalized spacial score (nSPS) is 24.2. The van der Waals surface area contributed by atoms with Gasteiger partial charge in [0, 0.05) is 18.1 Å². The molecule has 0 saturated heterocycles. The maximum Gasteiger partial charge on any atom is 0.271 e. The first kappa shape index (κ1) is 18.7. The molecule has 7 nitrogen and oxygen atoms in total. The third-order valence-electron chi connectivity index (χ3n) is 5.85. The number of nitrogens with one attached hydrogen (secondary N) is 2. The van der Waals surface area contributed by atoms with Gasteiger partial charge < -0.3 is 22.1 Å². The van der Waals surface area contributed by atoms with Gasteiger partial charge in [0.1, 0.15) is 5.82 Å². The average Bonchev–Trinajstić information content (AvgIpc) is 2.70. The first-order valence-electron chi connectivity index (χ1n) is 10.1. The Hall–Kier alpha value is -2.67. The number of nitrogens with two attached hydrogens (primary N) is 2. The van der Waals surface area contributed by atoms with Crippen molar-refractivity contribution in [1.82, 2.24) is 9.97 Å². The Morgan fingerprint density at radius 1 is 1.07 bits per heavy atom. The van der Waals surface area contributed by atoms with Crippen LogP contribution in [-0.4, -0.2) is 34.0 Å². The summed E-state index contributed by atoms with van der Waals surface area (Å²) in [6, 6.07) is 8.95. The summed E-state index contributed by atoms with van der Waals surface area (Å²) in [6.45, 7) is 0. The molecule has 7 heteroatoms. The summed E-state index contributed by atoms with van der Waals surface area (Å²) in [7, 11) is 0. The lowest BCUT2D eigenvalue weighted by Gasteiger charge is -2.30. The molecule has 1 aromatic carbocycles. The molecular weight excluding hydrogens is 352 g/mol. The van der Waals surface area contributed by atoms with Gasteiger partial charge in [-0.3, -0.25) is 4.79 Å². The predicted molar refractivity (Wildman–Crippen MR) is 110 cm³/mol. The van der Waals surface area contributed by atoms with Crippen molar-refractivity contribution < 1.29 is 4.79 Å². The van der Waals surface area contributed by atoms with E-state index in [1.54, 1.807) is 6.20 Å². The molecule has 1 amide bonds. The van der Waals surface area contributed by atoms with Gasteiger partial charge in [0.05, 0.1) is 6.20 Å². The Labute approximate surface area is 165 Å². The van der Waals surface area contributed by atoms with E-state index in [9.17, 15) is 4.79 Å². The third kappa shape index (κ3) is 4.09. The van der Waals surface area contributed by atoms with Crippen molar-refractivity contribution >= 4 is 17.5 Å². The van der Waals surface area contributed by atoms with Crippen molar-refractivity contribution in [1.29, 1.82) is 0 Å². The molecule has 0 bridgehead atoms. The van der Waals surface area contributed by atoms with Crippen molar-refractivity contribution in [2.45, 2.75) is 63.1 Å². The van der Waals surface area contributed by atoms with E-state index in [-0.39, 0.29) is 23.8 Å². The first-order valence-corrected chi connectivity index (χ1v) is 10.1. The van der Waals surface area contributed by atoms with Crippen LogP contribution in [0, 0.1) is 0 Å². The average molecular weight is 380 g/mol. The van der Waals surface area contributed by atoms with Crippen LogP contribution >= 0.6 is 0 Å². The molecule has 1 aromatic heterocycles. The van der Waals surface area contributed by atoms with Crippen LogP contribution in [-0.2, 0) is 12.8 Å². The zero-order chi connectivity index (χ0) is 19.5. The summed E-state index contributed by atoms with van der Waals surface area (Å²) in [5, 5.41) is 6.81. The number of carbonyl (C=O) groups excluding carboxylic acids is 1. The van der Waals surface area contributed by atoms with Crippen molar-refractivity contribution in [3.8, 4) is 0 Å². The number of nitrogens with zero attached hydrogens (tertiary/aromatic N) is 2. The number of rotatable bonds is 5. The molecule has 28 heavy (non-hydrogen) atoms. The van der Waals surface area contributed by atoms with E-state index < -0.39 is 5.91 Å². The maximum absolute atomic E-state index is 11.9. The van der Waals surface area contributed by atoms with Crippen molar-refractivity contribution in [3.05, 3.63) is 47.3 Å². The summed E-state index contributed by atoms with van der Waals surface area (Å²) >= 11 is 0. The van der Waals surface area contributed by atoms with Crippen LogP contribution in [0.4, 0.5) is 11.6 Å². The Bertz CT molecular complexity index is 855. The Morgan fingerprint density at radius 3 is 2.64 bits per heavy atom. The van der Waals surface area contributed by atoms with Crippen LogP contribution in [0.25, 0.3) is 0 Å². The second-order valence-corrected chi connectivity index (χ2v) is 7.87. The molecule has 6 N–H and O–H groups in total. The number of fused-ring (bicyclic) bond motifs is 1. The molecule has 4 rings (SSSR count). The van der Waals surface area contributed by atoms with Crippen molar-refractivity contribution in [2.24, 2.45) is 11.5 Å². The largest absolute Gasteiger partial charge is 0.365 e. The maximum atomic E-state index is 11.9. The Balaban J connectivity index is 1.52. The van der Waals surface area contributed by atoms with Gasteiger partial charge in [-0.05, 0) is 43.2 Å². The lowest BCUT2D eigenvalue weighted by Crippen LogP contribution is -2.42. The number of aryl methyl sites for hydroxylation is 1. The fourth-order valence-corrected chi connectivity index (χ4v) is 4.28. The number of hydrogen-bond acceptors (Lipinski definition) is 6. The number of amides is 1. The van der Waals surface area contributed by atoms with Gasteiger partial charge >= 0.3 is 0 Å². The minimum atomic E-state index is -0.577. The molecule has 2 aromatic rings. The zero-order valence-electron chi connectivity index (χ0n) is 16.0. The molecule has 0 radical (unpaired) electrons. The van der Waals surface area contributed by atoms with Crippen LogP contribution in [0.3, 0.4) is 0 Å². The number of benzene rings is 1. The van der Waals surface area contributed by atoms with Gasteiger partial charge in [0.2, 0.25) is 0 Å². The van der Waals surface area contributed by atoms with Crippen molar-refractivity contribution in [2.75, 3.05) is 10.6 Å². The Kier molecular flexibility index (Phi) is 5.43. The Morgan fingerprint density at radius 2 is 1.86 bits per heavy atom. The second kappa shape index (κ2) is 8.14. The SMILES string of the molecule is NC(=O)c1ncc(N[C@@H]2CCCC[C@@H]2N)nc1NC1CCc2ccccc2C1. The van der Waals surface area contributed by atoms with E-state index in [0.717, 1.165) is 38.5 Å². The lowest BCUT2D eigenvalue weighted by atomic mass is 9.88. The fraction of sp³-hybridized carbons (Fsp3) is 0.476. The molecule has 1 saturated carbocycles. The van der Waals surface area contributed by atoms with Crippen LogP contribution in [0.2, 0.25) is 0 Å². The van der Waals surface area contributed by atoms with Crippen LogP contribution in [0.15, 0.2) is 30.5 Å². The quantitative estimate of drug-likeness (QED) is 0.631. The molecule has 0 spiro atoms. The molecule has 1 heterocycles. The molecule has 1 fully saturated rings. The molecule has 2 aliphatic rings. The van der Waals surface area contributed by atoms with Crippen LogP contribution in [0.5, 0.6) is 0 Å². The fourth-order valence-electron chi connectivity index (χ4n) is 4.28. The number of aromatic nitrogens is 2. The highest BCUT2D eigenvalue weighted by Crippen LogP contribution is 2.25. The van der Waals surface area contributed by atoms with Gasteiger partial charge in [-0.2, -0.15) is 0 Å². The minimum absolute atomic E-state index is 0.109. The second-order valence-electron chi connectivity index (χ2n) is 7.87. The summed E-state index contributed by atoms with van der Waals surface area (Å²) < 4.78 is 0. The van der Waals surface area contributed by atoms with Gasteiger partial charge in [-0.1, -0.05) is 37.1 Å². The minimum Gasteiger partial charge on any atom is -0.365 e. The molecule has 2 aliphatic carbocycles. The number of carbonyl (C=O) groups is 1. The smallest absolute Gasteiger partial charge is 0.271 e. The van der Waals surface area contributed by atoms with Gasteiger partial charge in [0.25, 0.3) is 5.91 Å². The zero-order valence-corrected chi connectivity index (χ0v) is 16.0. The van der Waals surface area contributed by atoms with Crippen molar-refractivity contribution in [3.63, 3.8) is 0 Å². The van der Waals surface area contributed by atoms with E-state index in [0.29, 0.717) is 11.6 Å². The van der Waals surface area contributed by atoms with E-state index in [1.165, 1.54) is 17.5 Å². The molecule has 1 unspecified atom stereocenters. The van der Waals surface area contributed by atoms with Gasteiger partial charge in [0.15, 0.2) is 11.5 Å².